The molecule has 1 unspecified atom stereocenters. The Balaban J connectivity index is 4.02. The SMILES string of the molecule is O=P(O)(O)C(Cl)C=S. The molecule has 0 saturated heterocycles. The normalized spacial score (nSPS) is 15.4. The largest absolute Gasteiger partial charge is 0.347 e. The van der Waals surface area contributed by atoms with Crippen LogP contribution in [0.25, 0.3) is 0 Å². The van der Waals surface area contributed by atoms with Crippen molar-refractivity contribution in [1.29, 1.82) is 0 Å². The van der Waals surface area contributed by atoms with Gasteiger partial charge >= 0.3 is 7.60 Å². The van der Waals surface area contributed by atoms with Crippen LogP contribution in [0.4, 0.5) is 0 Å². The fourth-order valence-electron chi connectivity index (χ4n) is 0.0793. The molecule has 0 aliphatic heterocycles. The number of thiocarbonyl (C=S) groups is 1. The first-order chi connectivity index (χ1) is 3.48. The Labute approximate surface area is 56.8 Å². The average Bonchev–Trinajstić information content (AvgIpc) is 1.62. The number of hydrogen-bond donors (Lipinski definition) is 2. The zero-order chi connectivity index (χ0) is 6.78. The maximum absolute atomic E-state index is 10.0. The van der Waals surface area contributed by atoms with Crippen LogP contribution in [0.15, 0.2) is 0 Å². The molecule has 0 spiro atoms. The molecular formula is C2H4ClO3PS. The van der Waals surface area contributed by atoms with E-state index in [2.05, 4.69) is 12.2 Å². The second-order valence-corrected chi connectivity index (χ2v) is 3.88. The Hall–Kier alpha value is 0.530. The quantitative estimate of drug-likeness (QED) is 0.368. The average molecular weight is 175 g/mol. The summed E-state index contributed by atoms with van der Waals surface area (Å²) >= 11 is 9.19. The van der Waals surface area contributed by atoms with Crippen LogP contribution in [0.2, 0.25) is 0 Å². The Bertz CT molecular complexity index is 131. The first-order valence-corrected chi connectivity index (χ1v) is 4.22. The number of alkyl halides is 1. The van der Waals surface area contributed by atoms with E-state index < -0.39 is 12.7 Å². The van der Waals surface area contributed by atoms with E-state index in [1.165, 1.54) is 0 Å². The van der Waals surface area contributed by atoms with Crippen molar-refractivity contribution in [3.8, 4) is 0 Å². The van der Waals surface area contributed by atoms with Gasteiger partial charge in [-0.25, -0.2) is 0 Å². The lowest BCUT2D eigenvalue weighted by Crippen LogP contribution is -1.97. The van der Waals surface area contributed by atoms with Crippen molar-refractivity contribution in [2.24, 2.45) is 0 Å². The van der Waals surface area contributed by atoms with Crippen LogP contribution in [0.1, 0.15) is 0 Å². The summed E-state index contributed by atoms with van der Waals surface area (Å²) in [6.07, 6.45) is 0. The van der Waals surface area contributed by atoms with E-state index in [-0.39, 0.29) is 0 Å². The third-order valence-corrected chi connectivity index (χ3v) is 2.74. The highest BCUT2D eigenvalue weighted by molar-refractivity contribution is 7.80. The van der Waals surface area contributed by atoms with Gasteiger partial charge in [-0.1, -0.05) is 12.2 Å². The molecule has 0 fully saturated rings. The molecule has 6 heteroatoms. The maximum Gasteiger partial charge on any atom is 0.347 e. The third-order valence-electron chi connectivity index (χ3n) is 0.434. The molecule has 8 heavy (non-hydrogen) atoms. The topological polar surface area (TPSA) is 57.5 Å². The second kappa shape index (κ2) is 2.90. The molecule has 3 nitrogen and oxygen atoms in total. The summed E-state index contributed by atoms with van der Waals surface area (Å²) in [4.78, 5) is 16.3. The molecule has 0 amide bonds. The molecule has 0 saturated carbocycles. The molecule has 2 N–H and O–H groups in total. The maximum atomic E-state index is 10.0. The lowest BCUT2D eigenvalue weighted by atomic mass is 11.0. The highest BCUT2D eigenvalue weighted by atomic mass is 35.5. The third kappa shape index (κ3) is 2.74. The van der Waals surface area contributed by atoms with E-state index in [0.717, 1.165) is 5.37 Å². The van der Waals surface area contributed by atoms with Gasteiger partial charge in [-0.05, 0) is 0 Å². The van der Waals surface area contributed by atoms with Gasteiger partial charge in [-0.3, -0.25) is 4.57 Å². The zero-order valence-electron chi connectivity index (χ0n) is 3.69. The number of rotatable bonds is 2. The fourth-order valence-corrected chi connectivity index (χ4v) is 0.714. The molecule has 0 rings (SSSR count). The van der Waals surface area contributed by atoms with Gasteiger partial charge < -0.3 is 9.79 Å². The molecule has 0 bridgehead atoms. The van der Waals surface area contributed by atoms with Crippen molar-refractivity contribution < 1.29 is 14.4 Å². The Kier molecular flexibility index (Phi) is 3.09. The van der Waals surface area contributed by atoms with Crippen LogP contribution in [0, 0.1) is 0 Å². The summed E-state index contributed by atoms with van der Waals surface area (Å²) in [6.45, 7) is 0. The van der Waals surface area contributed by atoms with Crippen molar-refractivity contribution in [2.45, 2.75) is 5.12 Å². The minimum atomic E-state index is -4.15. The van der Waals surface area contributed by atoms with E-state index >= 15 is 0 Å². The van der Waals surface area contributed by atoms with Gasteiger partial charge in [0.1, 0.15) is 0 Å². The van der Waals surface area contributed by atoms with E-state index in [0.29, 0.717) is 0 Å². The van der Waals surface area contributed by atoms with Crippen LogP contribution >= 0.6 is 31.4 Å². The van der Waals surface area contributed by atoms with E-state index in [1.54, 1.807) is 0 Å². The summed E-state index contributed by atoms with van der Waals surface area (Å²) in [7, 11) is -4.15. The lowest BCUT2D eigenvalue weighted by molar-refractivity contribution is 0.375. The Morgan fingerprint density at radius 3 is 2.12 bits per heavy atom. The standard InChI is InChI=1S/C2H4ClO3PS/c3-2(1-8)7(4,5)6/h1-2H,(H2,4,5,6). The summed E-state index contributed by atoms with van der Waals surface area (Å²) in [6, 6.07) is 0. The zero-order valence-corrected chi connectivity index (χ0v) is 6.16. The Morgan fingerprint density at radius 1 is 1.75 bits per heavy atom. The van der Waals surface area contributed by atoms with Crippen molar-refractivity contribution >= 4 is 36.8 Å². The van der Waals surface area contributed by atoms with Crippen LogP contribution in [0.3, 0.4) is 0 Å². The van der Waals surface area contributed by atoms with Gasteiger partial charge in [0.25, 0.3) is 0 Å². The predicted molar refractivity (Wildman–Crippen MR) is 35.3 cm³/mol. The summed E-state index contributed by atoms with van der Waals surface area (Å²) in [5.74, 6) is 0. The van der Waals surface area contributed by atoms with Gasteiger partial charge in [0.15, 0.2) is 5.12 Å². The van der Waals surface area contributed by atoms with Gasteiger partial charge in [-0.2, -0.15) is 0 Å². The summed E-state index contributed by atoms with van der Waals surface area (Å²) < 4.78 is 10.0. The predicted octanol–water partition coefficient (Wildman–Crippen LogP) is 0.729. The van der Waals surface area contributed by atoms with Gasteiger partial charge in [0.2, 0.25) is 0 Å². The lowest BCUT2D eigenvalue weighted by Gasteiger charge is -2.02. The molecule has 0 heterocycles. The van der Waals surface area contributed by atoms with Crippen molar-refractivity contribution in [3.63, 3.8) is 0 Å². The van der Waals surface area contributed by atoms with Crippen molar-refractivity contribution in [3.05, 3.63) is 0 Å². The van der Waals surface area contributed by atoms with E-state index in [9.17, 15) is 4.57 Å². The van der Waals surface area contributed by atoms with Crippen LogP contribution in [-0.2, 0) is 4.57 Å². The highest BCUT2D eigenvalue weighted by Crippen LogP contribution is 2.42. The first kappa shape index (κ1) is 8.53. The molecule has 0 aromatic heterocycles. The smallest absolute Gasteiger partial charge is 0.323 e. The molecule has 0 radical (unpaired) electrons. The molecule has 0 aromatic rings. The summed E-state index contributed by atoms with van der Waals surface area (Å²) in [5, 5.41) is -0.486. The Morgan fingerprint density at radius 2 is 2.12 bits per heavy atom. The molecular weight excluding hydrogens is 171 g/mol. The minimum absolute atomic E-state index is 0.836. The molecule has 0 aromatic carbocycles. The number of hydrogen-bond acceptors (Lipinski definition) is 2. The minimum Gasteiger partial charge on any atom is -0.323 e. The molecule has 1 atom stereocenters. The molecule has 48 valence electrons. The number of halogens is 1. The fraction of sp³-hybridized carbons (Fsp3) is 0.500. The van der Waals surface area contributed by atoms with E-state index in [4.69, 9.17) is 21.4 Å². The van der Waals surface area contributed by atoms with Gasteiger partial charge in [-0.15, -0.1) is 11.6 Å². The summed E-state index contributed by atoms with van der Waals surface area (Å²) in [5.41, 5.74) is 0. The molecule has 0 aliphatic rings. The van der Waals surface area contributed by atoms with E-state index in [1.807, 2.05) is 0 Å². The van der Waals surface area contributed by atoms with Crippen LogP contribution in [-0.4, -0.2) is 20.3 Å². The van der Waals surface area contributed by atoms with Gasteiger partial charge in [0, 0.05) is 5.37 Å². The second-order valence-electron chi connectivity index (χ2n) is 1.10. The molecule has 0 aliphatic carbocycles. The van der Waals surface area contributed by atoms with Crippen molar-refractivity contribution in [2.75, 3.05) is 0 Å². The van der Waals surface area contributed by atoms with Crippen molar-refractivity contribution in [1.82, 2.24) is 0 Å². The highest BCUT2D eigenvalue weighted by Gasteiger charge is 2.22. The van der Waals surface area contributed by atoms with Crippen LogP contribution in [0.5, 0.6) is 0 Å². The van der Waals surface area contributed by atoms with Crippen LogP contribution < -0.4 is 0 Å². The monoisotopic (exact) mass is 174 g/mol. The first-order valence-electron chi connectivity index (χ1n) is 1.63. The van der Waals surface area contributed by atoms with Gasteiger partial charge in [0.05, 0.1) is 0 Å².